The van der Waals surface area contributed by atoms with E-state index in [4.69, 9.17) is 4.74 Å². The molecule has 3 aromatic rings. The molecule has 0 saturated carbocycles. The molecule has 0 fully saturated rings. The number of ether oxygens (including phenoxy) is 1. The summed E-state index contributed by atoms with van der Waals surface area (Å²) in [6.07, 6.45) is -0.360. The first-order valence-electron chi connectivity index (χ1n) is 7.72. The molecule has 0 aliphatic carbocycles. The number of methoxy groups -OCH3 is 1. The van der Waals surface area contributed by atoms with Crippen LogP contribution in [-0.4, -0.2) is 18.8 Å². The van der Waals surface area contributed by atoms with Crippen LogP contribution in [0.2, 0.25) is 0 Å². The molecular formula is C21H20O2. The van der Waals surface area contributed by atoms with Crippen LogP contribution in [-0.2, 0) is 4.74 Å². The second-order valence-electron chi connectivity index (χ2n) is 5.41. The van der Waals surface area contributed by atoms with Crippen LogP contribution < -0.4 is 0 Å². The first-order valence-corrected chi connectivity index (χ1v) is 7.72. The van der Waals surface area contributed by atoms with Gasteiger partial charge in [0, 0.05) is 7.11 Å². The third kappa shape index (κ3) is 3.19. The van der Waals surface area contributed by atoms with Crippen LogP contribution >= 0.6 is 0 Å². The summed E-state index contributed by atoms with van der Waals surface area (Å²) in [5, 5.41) is 9.80. The number of aliphatic hydroxyl groups is 1. The number of hydrogen-bond donors (Lipinski definition) is 1. The SMILES string of the molecule is COC(CO)c1c(-c2ccccc2)cccc1-c1ccccc1. The topological polar surface area (TPSA) is 29.5 Å². The molecule has 0 aliphatic rings. The van der Waals surface area contributed by atoms with E-state index >= 15 is 0 Å². The van der Waals surface area contributed by atoms with Gasteiger partial charge in [-0.1, -0.05) is 78.9 Å². The Morgan fingerprint density at radius 3 is 1.61 bits per heavy atom. The first-order chi connectivity index (χ1) is 11.3. The summed E-state index contributed by atoms with van der Waals surface area (Å²) in [5.41, 5.74) is 5.45. The largest absolute Gasteiger partial charge is 0.393 e. The third-order valence-electron chi connectivity index (χ3n) is 4.05. The lowest BCUT2D eigenvalue weighted by molar-refractivity contribution is 0.0491. The minimum Gasteiger partial charge on any atom is -0.393 e. The van der Waals surface area contributed by atoms with Gasteiger partial charge < -0.3 is 9.84 Å². The normalized spacial score (nSPS) is 12.1. The van der Waals surface area contributed by atoms with Crippen LogP contribution in [0, 0.1) is 0 Å². The van der Waals surface area contributed by atoms with Crippen LogP contribution in [0.3, 0.4) is 0 Å². The van der Waals surface area contributed by atoms with E-state index in [9.17, 15) is 5.11 Å². The molecule has 23 heavy (non-hydrogen) atoms. The quantitative estimate of drug-likeness (QED) is 0.740. The van der Waals surface area contributed by atoms with Crippen molar-refractivity contribution in [2.24, 2.45) is 0 Å². The van der Waals surface area contributed by atoms with E-state index in [1.807, 2.05) is 36.4 Å². The summed E-state index contributed by atoms with van der Waals surface area (Å²) in [4.78, 5) is 0. The average Bonchev–Trinajstić information content (AvgIpc) is 2.64. The predicted octanol–water partition coefficient (Wildman–Crippen LogP) is 4.70. The first kappa shape index (κ1) is 15.5. The van der Waals surface area contributed by atoms with Crippen molar-refractivity contribution in [3.63, 3.8) is 0 Å². The maximum Gasteiger partial charge on any atom is 0.106 e. The van der Waals surface area contributed by atoms with Gasteiger partial charge in [-0.05, 0) is 27.8 Å². The van der Waals surface area contributed by atoms with Crippen molar-refractivity contribution in [1.29, 1.82) is 0 Å². The fourth-order valence-electron chi connectivity index (χ4n) is 2.93. The van der Waals surface area contributed by atoms with E-state index in [-0.39, 0.29) is 12.7 Å². The second-order valence-corrected chi connectivity index (χ2v) is 5.41. The molecule has 0 amide bonds. The monoisotopic (exact) mass is 304 g/mol. The zero-order valence-electron chi connectivity index (χ0n) is 13.1. The van der Waals surface area contributed by atoms with Crippen LogP contribution in [0.15, 0.2) is 78.9 Å². The number of aliphatic hydroxyl groups excluding tert-OH is 1. The number of rotatable bonds is 5. The van der Waals surface area contributed by atoms with Gasteiger partial charge in [-0.15, -0.1) is 0 Å². The molecule has 0 saturated heterocycles. The Kier molecular flexibility index (Phi) is 4.86. The molecule has 0 bridgehead atoms. The van der Waals surface area contributed by atoms with Crippen LogP contribution in [0.4, 0.5) is 0 Å². The minimum absolute atomic E-state index is 0.0554. The van der Waals surface area contributed by atoms with Crippen molar-refractivity contribution in [3.8, 4) is 22.3 Å². The zero-order valence-corrected chi connectivity index (χ0v) is 13.1. The highest BCUT2D eigenvalue weighted by molar-refractivity contribution is 5.79. The molecule has 0 spiro atoms. The molecule has 2 nitrogen and oxygen atoms in total. The molecular weight excluding hydrogens is 284 g/mol. The summed E-state index contributed by atoms with van der Waals surface area (Å²) in [5.74, 6) is 0. The van der Waals surface area contributed by atoms with Crippen molar-refractivity contribution in [3.05, 3.63) is 84.4 Å². The number of benzene rings is 3. The fraction of sp³-hybridized carbons (Fsp3) is 0.143. The minimum atomic E-state index is -0.360. The van der Waals surface area contributed by atoms with Gasteiger partial charge in [0.1, 0.15) is 6.10 Å². The van der Waals surface area contributed by atoms with Gasteiger partial charge in [-0.2, -0.15) is 0 Å². The molecule has 0 heterocycles. The zero-order chi connectivity index (χ0) is 16.1. The molecule has 116 valence electrons. The smallest absolute Gasteiger partial charge is 0.106 e. The van der Waals surface area contributed by atoms with Crippen molar-refractivity contribution in [2.45, 2.75) is 6.10 Å². The second kappa shape index (κ2) is 7.23. The van der Waals surface area contributed by atoms with E-state index in [1.54, 1.807) is 7.11 Å². The summed E-state index contributed by atoms with van der Waals surface area (Å²) in [7, 11) is 1.64. The molecule has 0 radical (unpaired) electrons. The lowest BCUT2D eigenvalue weighted by atomic mass is 9.89. The molecule has 2 heteroatoms. The van der Waals surface area contributed by atoms with Crippen LogP contribution in [0.1, 0.15) is 11.7 Å². The van der Waals surface area contributed by atoms with Crippen molar-refractivity contribution in [2.75, 3.05) is 13.7 Å². The predicted molar refractivity (Wildman–Crippen MR) is 94.1 cm³/mol. The highest BCUT2D eigenvalue weighted by atomic mass is 16.5. The lowest BCUT2D eigenvalue weighted by Gasteiger charge is -2.21. The Hall–Kier alpha value is -2.42. The molecule has 1 atom stereocenters. The van der Waals surface area contributed by atoms with E-state index in [1.165, 1.54) is 0 Å². The Balaban J connectivity index is 2.25. The van der Waals surface area contributed by atoms with E-state index in [2.05, 4.69) is 42.5 Å². The lowest BCUT2D eigenvalue weighted by Crippen LogP contribution is -2.09. The molecule has 3 rings (SSSR count). The Morgan fingerprint density at radius 2 is 1.22 bits per heavy atom. The summed E-state index contributed by atoms with van der Waals surface area (Å²) < 4.78 is 5.56. The van der Waals surface area contributed by atoms with Crippen molar-refractivity contribution >= 4 is 0 Å². The molecule has 0 aliphatic heterocycles. The Morgan fingerprint density at radius 1 is 0.739 bits per heavy atom. The third-order valence-corrected chi connectivity index (χ3v) is 4.05. The van der Waals surface area contributed by atoms with Crippen LogP contribution in [0.5, 0.6) is 0 Å². The highest BCUT2D eigenvalue weighted by Crippen LogP contribution is 2.37. The van der Waals surface area contributed by atoms with E-state index < -0.39 is 0 Å². The van der Waals surface area contributed by atoms with E-state index in [0.29, 0.717) is 0 Å². The Bertz CT molecular complexity index is 690. The summed E-state index contributed by atoms with van der Waals surface area (Å²) >= 11 is 0. The average molecular weight is 304 g/mol. The molecule has 3 aromatic carbocycles. The van der Waals surface area contributed by atoms with Crippen LogP contribution in [0.25, 0.3) is 22.3 Å². The molecule has 0 aromatic heterocycles. The van der Waals surface area contributed by atoms with Gasteiger partial charge in [0.15, 0.2) is 0 Å². The van der Waals surface area contributed by atoms with Crippen molar-refractivity contribution in [1.82, 2.24) is 0 Å². The van der Waals surface area contributed by atoms with Gasteiger partial charge >= 0.3 is 0 Å². The Labute approximate surface area is 137 Å². The van der Waals surface area contributed by atoms with Gasteiger partial charge in [-0.25, -0.2) is 0 Å². The summed E-state index contributed by atoms with van der Waals surface area (Å²) in [6, 6.07) is 26.6. The van der Waals surface area contributed by atoms with E-state index in [0.717, 1.165) is 27.8 Å². The summed E-state index contributed by atoms with van der Waals surface area (Å²) in [6.45, 7) is -0.0554. The van der Waals surface area contributed by atoms with Gasteiger partial charge in [0.2, 0.25) is 0 Å². The van der Waals surface area contributed by atoms with Crippen molar-refractivity contribution < 1.29 is 9.84 Å². The molecule has 1 unspecified atom stereocenters. The maximum atomic E-state index is 9.80. The standard InChI is InChI=1S/C21H20O2/c1-23-20(15-22)21-18(16-9-4-2-5-10-16)13-8-14-19(21)17-11-6-3-7-12-17/h2-14,20,22H,15H2,1H3. The highest BCUT2D eigenvalue weighted by Gasteiger charge is 2.19. The van der Waals surface area contributed by atoms with Gasteiger partial charge in [0.25, 0.3) is 0 Å². The van der Waals surface area contributed by atoms with Gasteiger partial charge in [-0.3, -0.25) is 0 Å². The maximum absolute atomic E-state index is 9.80. The molecule has 1 N–H and O–H groups in total. The number of hydrogen-bond acceptors (Lipinski definition) is 2. The van der Waals surface area contributed by atoms with Gasteiger partial charge in [0.05, 0.1) is 6.61 Å². The fourth-order valence-corrected chi connectivity index (χ4v) is 2.93.